The molecule has 9 heteroatoms. The van der Waals surface area contributed by atoms with E-state index in [-0.39, 0.29) is 16.2 Å². The van der Waals surface area contributed by atoms with Gasteiger partial charge in [0.25, 0.3) is 0 Å². The predicted octanol–water partition coefficient (Wildman–Crippen LogP) is 6.23. The highest BCUT2D eigenvalue weighted by atomic mass is 79.9. The second-order valence-corrected chi connectivity index (χ2v) is 13.2. The van der Waals surface area contributed by atoms with Gasteiger partial charge in [-0.25, -0.2) is 0 Å². The number of rotatable bonds is 6. The summed E-state index contributed by atoms with van der Waals surface area (Å²) >= 11 is 9.25. The summed E-state index contributed by atoms with van der Waals surface area (Å²) in [6.07, 6.45) is -4.99. The molecule has 0 heterocycles. The normalized spacial score (nSPS) is 14.1. The van der Waals surface area contributed by atoms with Crippen LogP contribution in [0.5, 0.6) is 0 Å². The Labute approximate surface area is 198 Å². The summed E-state index contributed by atoms with van der Waals surface area (Å²) in [5.74, 6) is 0. The zero-order valence-corrected chi connectivity index (χ0v) is 20.6. The van der Waals surface area contributed by atoms with Gasteiger partial charge in [0.1, 0.15) is 0 Å². The molecule has 0 N–H and O–H groups in total. The minimum absolute atomic E-state index is 0.222. The van der Waals surface area contributed by atoms with Crippen LogP contribution in [0.4, 0.5) is 13.2 Å². The van der Waals surface area contributed by atoms with E-state index in [1.807, 2.05) is 13.8 Å². The number of alkyl halides is 3. The number of nitrogens with zero attached hydrogens (tertiary/aromatic N) is 1. The van der Waals surface area contributed by atoms with Gasteiger partial charge in [-0.05, 0) is 42.2 Å². The van der Waals surface area contributed by atoms with Gasteiger partial charge < -0.3 is 0 Å². The molecule has 0 amide bonds. The Morgan fingerprint density at radius 2 is 1.41 bits per heavy atom. The molecule has 0 fully saturated rings. The van der Waals surface area contributed by atoms with Gasteiger partial charge in [-0.1, -0.05) is 99.5 Å². The molecule has 0 saturated carbocycles. The summed E-state index contributed by atoms with van der Waals surface area (Å²) in [4.78, 5) is 10.9. The van der Waals surface area contributed by atoms with E-state index in [1.54, 1.807) is 54.6 Å². The Morgan fingerprint density at radius 1 is 0.938 bits per heavy atom. The fraction of sp³-hybridized carbons (Fsp3) is 0.217. The van der Waals surface area contributed by atoms with E-state index in [4.69, 9.17) is 11.8 Å². The van der Waals surface area contributed by atoms with Crippen molar-refractivity contribution in [1.82, 2.24) is 0 Å². The number of benzene rings is 3. The van der Waals surface area contributed by atoms with E-state index in [0.717, 1.165) is 11.1 Å². The summed E-state index contributed by atoms with van der Waals surface area (Å²) in [6, 6.07) is 14.8. The van der Waals surface area contributed by atoms with E-state index in [1.165, 1.54) is 18.2 Å². The number of hydrogen-bond donors (Lipinski definition) is 0. The third kappa shape index (κ3) is 4.28. The van der Waals surface area contributed by atoms with Gasteiger partial charge in [-0.15, -0.1) is 0 Å². The second-order valence-electron chi connectivity index (χ2n) is 7.64. The summed E-state index contributed by atoms with van der Waals surface area (Å²) in [6.45, 7) is 2.27. The van der Waals surface area contributed by atoms with Crippen LogP contribution in [-0.4, -0.2) is 17.6 Å². The van der Waals surface area contributed by atoms with Crippen molar-refractivity contribution in [3.05, 3.63) is 104 Å². The number of aryl methyl sites for hydroxylation is 2. The molecule has 3 aromatic rings. The minimum atomic E-state index is -4.99. The summed E-state index contributed by atoms with van der Waals surface area (Å²) in [5.41, 5.74) is 1.49. The van der Waals surface area contributed by atoms with Gasteiger partial charge in [0, 0.05) is 15.4 Å². The van der Waals surface area contributed by atoms with Crippen molar-refractivity contribution in [3.8, 4) is 0 Å². The fourth-order valence-corrected chi connectivity index (χ4v) is 9.26. The average molecular weight is 542 g/mol. The summed E-state index contributed by atoms with van der Waals surface area (Å²) in [5, 5.41) is 9.45. The maximum atomic E-state index is 15.2. The van der Waals surface area contributed by atoms with E-state index in [0.29, 0.717) is 4.47 Å². The highest BCUT2D eigenvalue weighted by Gasteiger charge is 2.68. The van der Waals surface area contributed by atoms with Crippen molar-refractivity contribution in [2.75, 3.05) is 6.54 Å². The lowest BCUT2D eigenvalue weighted by Crippen LogP contribution is -2.51. The molecule has 0 radical (unpaired) electrons. The quantitative estimate of drug-likeness (QED) is 0.211. The Kier molecular flexibility index (Phi) is 6.99. The molecule has 0 saturated heterocycles. The standard InChI is InChI=1S/C23H20BrF3NO2PS/c1-16-6-10-20(11-7-16)31(32,21-12-8-17(2)9-13-21)22(15-28(29)30,23(25,26)27)18-4-3-5-19(24)14-18/h3-14H,15H2,1-2H3. The molecule has 0 aromatic heterocycles. The largest absolute Gasteiger partial charge is 0.409 e. The highest BCUT2D eigenvalue weighted by molar-refractivity contribution is 9.10. The molecule has 0 bridgehead atoms. The zero-order chi connectivity index (χ0) is 23.7. The molecule has 3 rings (SSSR count). The Bertz CT molecular complexity index is 1130. The predicted molar refractivity (Wildman–Crippen MR) is 130 cm³/mol. The first kappa shape index (κ1) is 24.6. The van der Waals surface area contributed by atoms with Crippen LogP contribution in [-0.2, 0) is 17.0 Å². The first-order valence-corrected chi connectivity index (χ1v) is 13.2. The van der Waals surface area contributed by atoms with Gasteiger partial charge in [0.05, 0.1) is 0 Å². The maximum absolute atomic E-state index is 15.2. The minimum Gasteiger partial charge on any atom is -0.264 e. The van der Waals surface area contributed by atoms with Crippen LogP contribution in [0, 0.1) is 24.0 Å². The van der Waals surface area contributed by atoms with Gasteiger partial charge >= 0.3 is 6.18 Å². The fourth-order valence-electron chi connectivity index (χ4n) is 3.84. The third-order valence-electron chi connectivity index (χ3n) is 5.46. The highest BCUT2D eigenvalue weighted by Crippen LogP contribution is 2.68. The first-order chi connectivity index (χ1) is 14.9. The zero-order valence-electron chi connectivity index (χ0n) is 17.3. The molecule has 3 nitrogen and oxygen atoms in total. The van der Waals surface area contributed by atoms with Crippen molar-refractivity contribution in [2.45, 2.75) is 25.2 Å². The van der Waals surface area contributed by atoms with E-state index >= 15 is 13.2 Å². The van der Waals surface area contributed by atoms with Crippen molar-refractivity contribution >= 4 is 44.4 Å². The van der Waals surface area contributed by atoms with Crippen LogP contribution in [0.3, 0.4) is 0 Å². The van der Waals surface area contributed by atoms with Gasteiger partial charge in [-0.3, -0.25) is 10.1 Å². The van der Waals surface area contributed by atoms with Crippen LogP contribution < -0.4 is 10.6 Å². The maximum Gasteiger partial charge on any atom is 0.409 e. The first-order valence-electron chi connectivity index (χ1n) is 9.61. The monoisotopic (exact) mass is 541 g/mol. The second kappa shape index (κ2) is 9.08. The Hall–Kier alpha value is -2.02. The smallest absolute Gasteiger partial charge is 0.264 e. The van der Waals surface area contributed by atoms with E-state index in [9.17, 15) is 10.1 Å². The Morgan fingerprint density at radius 3 is 1.78 bits per heavy atom. The summed E-state index contributed by atoms with van der Waals surface area (Å²) < 4.78 is 46.0. The van der Waals surface area contributed by atoms with Crippen molar-refractivity contribution < 1.29 is 18.1 Å². The molecule has 168 valence electrons. The lowest BCUT2D eigenvalue weighted by atomic mass is 9.97. The van der Waals surface area contributed by atoms with Crippen molar-refractivity contribution in [2.24, 2.45) is 0 Å². The van der Waals surface area contributed by atoms with E-state index < -0.39 is 28.8 Å². The molecule has 0 aliphatic carbocycles. The lowest BCUT2D eigenvalue weighted by Gasteiger charge is -2.43. The van der Waals surface area contributed by atoms with Gasteiger partial charge in [0.2, 0.25) is 6.54 Å². The Balaban J connectivity index is 2.54. The number of nitro groups is 1. The van der Waals surface area contributed by atoms with Gasteiger partial charge in [0.15, 0.2) is 5.16 Å². The van der Waals surface area contributed by atoms with Crippen LogP contribution in [0.25, 0.3) is 0 Å². The molecule has 3 aromatic carbocycles. The average Bonchev–Trinajstić information content (AvgIpc) is 2.71. The number of halogens is 4. The van der Waals surface area contributed by atoms with Crippen LogP contribution in [0.15, 0.2) is 77.3 Å². The molecule has 0 spiro atoms. The summed E-state index contributed by atoms with van der Waals surface area (Å²) in [7, 11) is 0. The SMILES string of the molecule is Cc1ccc(P(=S)(c2ccc(C)cc2)C(C[N+](=O)[O-])(c2cccc(Br)c2)C(F)(F)F)cc1. The molecule has 32 heavy (non-hydrogen) atoms. The van der Waals surface area contributed by atoms with E-state index in [2.05, 4.69) is 15.9 Å². The molecule has 1 atom stereocenters. The molecule has 0 aliphatic rings. The van der Waals surface area contributed by atoms with Gasteiger partial charge in [-0.2, -0.15) is 13.2 Å². The molecule has 0 aliphatic heterocycles. The number of hydrogen-bond acceptors (Lipinski definition) is 3. The molecule has 1 unspecified atom stereocenters. The van der Waals surface area contributed by atoms with Crippen molar-refractivity contribution in [1.29, 1.82) is 0 Å². The lowest BCUT2D eigenvalue weighted by molar-refractivity contribution is -0.494. The van der Waals surface area contributed by atoms with Crippen molar-refractivity contribution in [3.63, 3.8) is 0 Å². The molecular weight excluding hydrogens is 522 g/mol. The third-order valence-corrected chi connectivity index (χ3v) is 11.9. The topological polar surface area (TPSA) is 43.1 Å². The molecular formula is C23H20BrF3NO2PS. The van der Waals surface area contributed by atoms with Crippen LogP contribution >= 0.6 is 22.0 Å². The van der Waals surface area contributed by atoms with Crippen LogP contribution in [0.1, 0.15) is 16.7 Å². The van der Waals surface area contributed by atoms with Crippen LogP contribution in [0.2, 0.25) is 0 Å².